The van der Waals surface area contributed by atoms with Crippen LogP contribution in [0.5, 0.6) is 0 Å². The van der Waals surface area contributed by atoms with E-state index in [0.29, 0.717) is 5.90 Å². The van der Waals surface area contributed by atoms with Gasteiger partial charge in [0.2, 0.25) is 16.9 Å². The van der Waals surface area contributed by atoms with Crippen molar-refractivity contribution in [2.24, 2.45) is 5.16 Å². The van der Waals surface area contributed by atoms with Crippen LogP contribution in [0, 0.1) is 0 Å². The van der Waals surface area contributed by atoms with Crippen LogP contribution in [0.3, 0.4) is 0 Å². The molecule has 1 heterocycles. The molecule has 1 atom stereocenters. The highest BCUT2D eigenvalue weighted by Gasteiger charge is 2.04. The summed E-state index contributed by atoms with van der Waals surface area (Å²) in [5, 5.41) is 3.46. The molecule has 0 aromatic carbocycles. The van der Waals surface area contributed by atoms with Gasteiger partial charge >= 0.3 is 0 Å². The molecular weight excluding hydrogens is 114 g/mol. The Morgan fingerprint density at radius 2 is 2.57 bits per heavy atom. The highest BCUT2D eigenvalue weighted by Crippen LogP contribution is 2.20. The molecule has 0 saturated heterocycles. The van der Waals surface area contributed by atoms with Crippen LogP contribution in [-0.2, 0) is 8.47 Å². The Bertz CT molecular complexity index is 131. The molecular formula is C3H5NO2S. The van der Waals surface area contributed by atoms with Crippen molar-refractivity contribution in [3.8, 4) is 0 Å². The topological polar surface area (TPSA) is 30.8 Å². The Morgan fingerprint density at radius 1 is 1.86 bits per heavy atom. The molecule has 1 aliphatic heterocycles. The van der Waals surface area contributed by atoms with Gasteiger partial charge in [-0.3, -0.25) is 4.28 Å². The van der Waals surface area contributed by atoms with Gasteiger partial charge in [-0.1, -0.05) is 0 Å². The number of hydrogen-bond acceptors (Lipinski definition) is 3. The summed E-state index contributed by atoms with van der Waals surface area (Å²) in [6, 6.07) is 0. The molecule has 0 N–H and O–H groups in total. The predicted octanol–water partition coefficient (Wildman–Crippen LogP) is 0.897. The maximum atomic E-state index is 4.81. The van der Waals surface area contributed by atoms with Crippen LogP contribution >= 0.6 is 11.0 Å². The zero-order valence-electron chi connectivity index (χ0n) is 3.88. The van der Waals surface area contributed by atoms with E-state index in [-0.39, 0.29) is 0 Å². The average Bonchev–Trinajstić information content (AvgIpc) is 1.87. The molecule has 3 nitrogen and oxygen atoms in total. The minimum atomic E-state index is -0.657. The monoisotopic (exact) mass is 119 g/mol. The molecule has 4 heteroatoms. The lowest BCUT2D eigenvalue weighted by Crippen LogP contribution is -1.82. The van der Waals surface area contributed by atoms with E-state index in [1.165, 1.54) is 0 Å². The molecule has 1 rings (SSSR count). The maximum Gasteiger partial charge on any atom is 0.242 e. The molecule has 7 heavy (non-hydrogen) atoms. The smallest absolute Gasteiger partial charge is 0.242 e. The summed E-state index contributed by atoms with van der Waals surface area (Å²) in [5.41, 5.74) is 0. The van der Waals surface area contributed by atoms with Crippen molar-refractivity contribution >= 4 is 22.8 Å². The van der Waals surface area contributed by atoms with Crippen molar-refractivity contribution in [1.29, 1.82) is 0 Å². The molecule has 0 aliphatic carbocycles. The van der Waals surface area contributed by atoms with E-state index in [4.69, 9.17) is 4.18 Å². The van der Waals surface area contributed by atoms with E-state index >= 15 is 0 Å². The first-order chi connectivity index (χ1) is 3.29. The predicted molar refractivity (Wildman–Crippen MR) is 30.0 cm³/mol. The third kappa shape index (κ3) is 0.928. The Kier molecular flexibility index (Phi) is 1.02. The first kappa shape index (κ1) is 4.64. The van der Waals surface area contributed by atoms with Crippen molar-refractivity contribution in [2.45, 2.75) is 6.92 Å². The van der Waals surface area contributed by atoms with Gasteiger partial charge < -0.3 is 4.18 Å². The second-order valence-corrected chi connectivity index (χ2v) is 2.00. The number of oxime groups is 1. The minimum Gasteiger partial charge on any atom is -0.380 e. The Hall–Kier alpha value is -0.510. The third-order valence-corrected chi connectivity index (χ3v) is 1.13. The van der Waals surface area contributed by atoms with E-state index in [1.807, 2.05) is 0 Å². The van der Waals surface area contributed by atoms with Gasteiger partial charge in [-0.15, -0.1) is 0 Å². The second kappa shape index (κ2) is 1.54. The molecule has 0 saturated carbocycles. The standard InChI is InChI=1S/C3H5NO2S/c1-3-4-6-7(2)5-3/h2H2,1H3. The number of nitrogens with zero attached hydrogens (tertiary/aromatic N) is 1. The van der Waals surface area contributed by atoms with E-state index < -0.39 is 11.0 Å². The largest absolute Gasteiger partial charge is 0.380 e. The third-order valence-electron chi connectivity index (χ3n) is 0.463. The molecule has 1 aliphatic rings. The molecule has 0 aromatic rings. The Morgan fingerprint density at radius 3 is 2.71 bits per heavy atom. The average molecular weight is 119 g/mol. The van der Waals surface area contributed by atoms with Crippen LogP contribution in [-0.4, -0.2) is 11.8 Å². The molecule has 0 fully saturated rings. The van der Waals surface area contributed by atoms with Crippen molar-refractivity contribution in [3.63, 3.8) is 0 Å². The zero-order chi connectivity index (χ0) is 5.28. The van der Waals surface area contributed by atoms with Gasteiger partial charge in [0.25, 0.3) is 0 Å². The highest BCUT2D eigenvalue weighted by molar-refractivity contribution is 8.06. The molecule has 1 unspecified atom stereocenters. The lowest BCUT2D eigenvalue weighted by atomic mass is 10.8. The van der Waals surface area contributed by atoms with Crippen molar-refractivity contribution in [3.05, 3.63) is 0 Å². The summed E-state index contributed by atoms with van der Waals surface area (Å²) in [4.78, 5) is 0. The van der Waals surface area contributed by atoms with Crippen molar-refractivity contribution < 1.29 is 8.47 Å². The molecule has 0 aromatic heterocycles. The first-order valence-corrected chi connectivity index (χ1v) is 2.98. The lowest BCUT2D eigenvalue weighted by molar-refractivity contribution is 0.408. The fraction of sp³-hybridized carbons (Fsp3) is 0.333. The number of rotatable bonds is 0. The van der Waals surface area contributed by atoms with Crippen LogP contribution in [0.1, 0.15) is 6.92 Å². The molecule has 0 radical (unpaired) electrons. The van der Waals surface area contributed by atoms with Gasteiger partial charge in [0.1, 0.15) is 0 Å². The van der Waals surface area contributed by atoms with Crippen LogP contribution < -0.4 is 0 Å². The quantitative estimate of drug-likeness (QED) is 0.443. The van der Waals surface area contributed by atoms with Crippen molar-refractivity contribution in [2.75, 3.05) is 0 Å². The van der Waals surface area contributed by atoms with E-state index in [9.17, 15) is 0 Å². The van der Waals surface area contributed by atoms with Gasteiger partial charge in [0.05, 0.1) is 0 Å². The Labute approximate surface area is 44.3 Å². The summed E-state index contributed by atoms with van der Waals surface area (Å²) >= 11 is -0.657. The van der Waals surface area contributed by atoms with Crippen LogP contribution in [0.25, 0.3) is 0 Å². The van der Waals surface area contributed by atoms with Gasteiger partial charge in [0.15, 0.2) is 0 Å². The SMILES string of the molecule is C=S1ON=C(C)O1. The summed E-state index contributed by atoms with van der Waals surface area (Å²) in [5.74, 6) is 4.01. The van der Waals surface area contributed by atoms with Gasteiger partial charge in [-0.2, -0.15) is 0 Å². The van der Waals surface area contributed by atoms with Crippen molar-refractivity contribution in [1.82, 2.24) is 0 Å². The van der Waals surface area contributed by atoms with Gasteiger partial charge in [-0.05, 0) is 5.16 Å². The van der Waals surface area contributed by atoms with Crippen LogP contribution in [0.4, 0.5) is 0 Å². The van der Waals surface area contributed by atoms with Gasteiger partial charge in [0, 0.05) is 12.8 Å². The summed E-state index contributed by atoms with van der Waals surface area (Å²) in [6.07, 6.45) is 0. The lowest BCUT2D eigenvalue weighted by Gasteiger charge is -1.87. The fourth-order valence-electron chi connectivity index (χ4n) is 0.259. The second-order valence-electron chi connectivity index (χ2n) is 1.07. The summed E-state index contributed by atoms with van der Waals surface area (Å²) in [6.45, 7) is 1.72. The highest BCUT2D eigenvalue weighted by atomic mass is 32.2. The molecule has 40 valence electrons. The summed E-state index contributed by atoms with van der Waals surface area (Å²) in [7, 11) is 0. The van der Waals surface area contributed by atoms with Gasteiger partial charge in [-0.25, -0.2) is 0 Å². The normalized spacial score (nSPS) is 28.1. The van der Waals surface area contributed by atoms with E-state index in [0.717, 1.165) is 0 Å². The first-order valence-electron chi connectivity index (χ1n) is 1.73. The molecule has 0 amide bonds. The number of hydrogen-bond donors (Lipinski definition) is 0. The fourth-order valence-corrected chi connectivity index (χ4v) is 0.777. The maximum absolute atomic E-state index is 4.81. The van der Waals surface area contributed by atoms with E-state index in [1.54, 1.807) is 6.92 Å². The van der Waals surface area contributed by atoms with Crippen LogP contribution in [0.15, 0.2) is 5.16 Å². The molecule has 0 spiro atoms. The summed E-state index contributed by atoms with van der Waals surface area (Å²) < 4.78 is 9.35. The molecule has 0 bridgehead atoms. The minimum absolute atomic E-state index is 0.554. The Balaban J connectivity index is 2.58. The van der Waals surface area contributed by atoms with Crippen LogP contribution in [0.2, 0.25) is 0 Å². The van der Waals surface area contributed by atoms with E-state index in [2.05, 4.69) is 15.3 Å². The zero-order valence-corrected chi connectivity index (χ0v) is 4.70.